The molecule has 1 aliphatic rings. The SMILES string of the molecule is BC(B)(Nc1ncccc1[N+](=O)[O-])c1cc(OC)c2c(c1)OC(C)CO2. The quantitative estimate of drug-likeness (QED) is 0.478. The average Bonchev–Trinajstić information content (AvgIpc) is 2.60. The fraction of sp³-hybridized carbons (Fsp3) is 0.312. The number of anilines is 1. The number of ether oxygens (including phenoxy) is 3. The zero-order chi connectivity index (χ0) is 18.9. The molecular formula is C16H19B2N3O5. The second kappa shape index (κ2) is 6.78. The lowest BCUT2D eigenvalue weighted by atomic mass is 9.58. The number of hydrogen-bond donors (Lipinski definition) is 1. The van der Waals surface area contributed by atoms with Crippen molar-refractivity contribution in [3.8, 4) is 17.2 Å². The molecule has 0 amide bonds. The number of methoxy groups -OCH3 is 1. The molecule has 2 heterocycles. The van der Waals surface area contributed by atoms with Gasteiger partial charge in [-0.2, -0.15) is 0 Å². The van der Waals surface area contributed by atoms with Gasteiger partial charge in [-0.05, 0) is 30.7 Å². The van der Waals surface area contributed by atoms with E-state index in [1.807, 2.05) is 34.7 Å². The lowest BCUT2D eigenvalue weighted by molar-refractivity contribution is -0.384. The van der Waals surface area contributed by atoms with Crippen molar-refractivity contribution in [2.75, 3.05) is 19.0 Å². The Morgan fingerprint density at radius 1 is 1.46 bits per heavy atom. The molecule has 3 rings (SSSR count). The number of nitro groups is 1. The summed E-state index contributed by atoms with van der Waals surface area (Å²) in [5.74, 6) is 1.90. The molecule has 8 nitrogen and oxygen atoms in total. The molecule has 1 unspecified atom stereocenters. The van der Waals surface area contributed by atoms with E-state index in [2.05, 4.69) is 10.3 Å². The predicted octanol–water partition coefficient (Wildman–Crippen LogP) is 0.647. The molecule has 0 spiro atoms. The van der Waals surface area contributed by atoms with Gasteiger partial charge in [0.15, 0.2) is 11.5 Å². The molecule has 0 fully saturated rings. The van der Waals surface area contributed by atoms with Gasteiger partial charge in [-0.3, -0.25) is 10.1 Å². The number of fused-ring (bicyclic) bond motifs is 1. The van der Waals surface area contributed by atoms with Crippen LogP contribution in [0.5, 0.6) is 17.2 Å². The monoisotopic (exact) mass is 355 g/mol. The van der Waals surface area contributed by atoms with Crippen molar-refractivity contribution in [2.45, 2.75) is 18.4 Å². The van der Waals surface area contributed by atoms with Crippen LogP contribution in [0, 0.1) is 10.1 Å². The summed E-state index contributed by atoms with van der Waals surface area (Å²) in [6, 6.07) is 6.64. The van der Waals surface area contributed by atoms with Crippen LogP contribution in [-0.4, -0.2) is 45.4 Å². The first-order valence-corrected chi connectivity index (χ1v) is 8.21. The predicted molar refractivity (Wildman–Crippen MR) is 102 cm³/mol. The third kappa shape index (κ3) is 3.40. The number of pyridine rings is 1. The molecule has 0 bridgehead atoms. The van der Waals surface area contributed by atoms with Gasteiger partial charge in [0.2, 0.25) is 11.6 Å². The van der Waals surface area contributed by atoms with Crippen molar-refractivity contribution in [3.05, 3.63) is 46.1 Å². The van der Waals surface area contributed by atoms with E-state index in [9.17, 15) is 10.1 Å². The first-order chi connectivity index (χ1) is 12.3. The summed E-state index contributed by atoms with van der Waals surface area (Å²) < 4.78 is 17.0. The number of rotatable bonds is 5. The van der Waals surface area contributed by atoms with Crippen LogP contribution in [0.2, 0.25) is 0 Å². The van der Waals surface area contributed by atoms with Crippen LogP contribution in [0.1, 0.15) is 12.5 Å². The number of nitrogens with zero attached hydrogens (tertiary/aromatic N) is 2. The van der Waals surface area contributed by atoms with Crippen molar-refractivity contribution in [3.63, 3.8) is 0 Å². The first kappa shape index (κ1) is 17.9. The van der Waals surface area contributed by atoms with Crippen molar-refractivity contribution in [1.29, 1.82) is 0 Å². The van der Waals surface area contributed by atoms with Crippen molar-refractivity contribution in [1.82, 2.24) is 4.98 Å². The smallest absolute Gasteiger partial charge is 0.311 e. The topological polar surface area (TPSA) is 95.8 Å². The summed E-state index contributed by atoms with van der Waals surface area (Å²) in [7, 11) is 5.37. The van der Waals surface area contributed by atoms with Crippen molar-refractivity contribution < 1.29 is 19.1 Å². The van der Waals surface area contributed by atoms with E-state index in [1.165, 1.54) is 18.3 Å². The van der Waals surface area contributed by atoms with Gasteiger partial charge in [-0.15, -0.1) is 0 Å². The van der Waals surface area contributed by atoms with E-state index in [0.29, 0.717) is 23.9 Å². The third-order valence-electron chi connectivity index (χ3n) is 4.17. The molecule has 10 heteroatoms. The van der Waals surface area contributed by atoms with Crippen LogP contribution >= 0.6 is 0 Å². The Hall–Kier alpha value is -2.90. The number of nitrogens with one attached hydrogen (secondary N) is 1. The van der Waals surface area contributed by atoms with Gasteiger partial charge in [0, 0.05) is 17.6 Å². The van der Waals surface area contributed by atoms with Crippen molar-refractivity contribution in [2.24, 2.45) is 0 Å². The average molecular weight is 355 g/mol. The second-order valence-electron chi connectivity index (χ2n) is 6.62. The minimum absolute atomic E-state index is 0.0737. The van der Waals surface area contributed by atoms with Crippen LogP contribution < -0.4 is 19.5 Å². The highest BCUT2D eigenvalue weighted by molar-refractivity contribution is 6.41. The van der Waals surface area contributed by atoms with Gasteiger partial charge < -0.3 is 19.5 Å². The van der Waals surface area contributed by atoms with E-state index < -0.39 is 10.3 Å². The molecule has 1 aromatic carbocycles. The van der Waals surface area contributed by atoms with Crippen molar-refractivity contribution >= 4 is 27.2 Å². The summed E-state index contributed by atoms with van der Waals surface area (Å²) in [6.07, 6.45) is 1.44. The summed E-state index contributed by atoms with van der Waals surface area (Å²) in [4.78, 5) is 14.9. The molecule has 2 aromatic rings. The summed E-state index contributed by atoms with van der Waals surface area (Å²) in [6.45, 7) is 2.37. The molecule has 0 radical (unpaired) electrons. The van der Waals surface area contributed by atoms with Gasteiger partial charge >= 0.3 is 5.69 Å². The summed E-state index contributed by atoms with van der Waals surface area (Å²) >= 11 is 0. The Bertz CT molecular complexity index is 847. The second-order valence-corrected chi connectivity index (χ2v) is 6.62. The lowest BCUT2D eigenvalue weighted by Crippen LogP contribution is -2.37. The molecule has 1 aliphatic heterocycles. The molecule has 0 aliphatic carbocycles. The standard InChI is InChI=1S/C16H19B2N3O5/c1-9-8-25-14-12(24-2)6-10(7-13(14)26-9)16(17,18)20-15-11(21(22)23)4-3-5-19-15/h3-7,9H,8,17-18H2,1-2H3,(H,19,20). The molecule has 1 atom stereocenters. The molecule has 26 heavy (non-hydrogen) atoms. The number of aromatic nitrogens is 1. The highest BCUT2D eigenvalue weighted by Gasteiger charge is 2.30. The normalized spacial score (nSPS) is 16.0. The maximum atomic E-state index is 11.2. The van der Waals surface area contributed by atoms with E-state index in [1.54, 1.807) is 7.11 Å². The third-order valence-corrected chi connectivity index (χ3v) is 4.17. The number of benzene rings is 1. The van der Waals surface area contributed by atoms with Gasteiger partial charge in [0.1, 0.15) is 28.4 Å². The van der Waals surface area contributed by atoms with Gasteiger partial charge in [-0.25, -0.2) is 4.98 Å². The first-order valence-electron chi connectivity index (χ1n) is 8.21. The Labute approximate surface area is 152 Å². The zero-order valence-electron chi connectivity index (χ0n) is 15.1. The zero-order valence-corrected chi connectivity index (χ0v) is 15.1. The maximum absolute atomic E-state index is 11.2. The number of hydrogen-bond acceptors (Lipinski definition) is 7. The lowest BCUT2D eigenvalue weighted by Gasteiger charge is -2.31. The molecule has 134 valence electrons. The molecule has 1 aromatic heterocycles. The molecule has 0 saturated heterocycles. The molecule has 0 saturated carbocycles. The van der Waals surface area contributed by atoms with E-state index in [4.69, 9.17) is 14.2 Å². The van der Waals surface area contributed by atoms with E-state index in [0.717, 1.165) is 5.56 Å². The maximum Gasteiger partial charge on any atom is 0.311 e. The highest BCUT2D eigenvalue weighted by Crippen LogP contribution is 2.43. The fourth-order valence-corrected chi connectivity index (χ4v) is 2.78. The Balaban J connectivity index is 2.00. The minimum Gasteiger partial charge on any atom is -0.493 e. The van der Waals surface area contributed by atoms with Gasteiger partial charge in [-0.1, -0.05) is 0 Å². The van der Waals surface area contributed by atoms with Crippen LogP contribution in [0.25, 0.3) is 0 Å². The van der Waals surface area contributed by atoms with Gasteiger partial charge in [0.25, 0.3) is 0 Å². The van der Waals surface area contributed by atoms with Crippen LogP contribution in [-0.2, 0) is 5.34 Å². The fourth-order valence-electron chi connectivity index (χ4n) is 2.78. The Morgan fingerprint density at radius 3 is 2.92 bits per heavy atom. The molecular weight excluding hydrogens is 336 g/mol. The molecule has 1 N–H and O–H groups in total. The van der Waals surface area contributed by atoms with Crippen LogP contribution in [0.3, 0.4) is 0 Å². The Morgan fingerprint density at radius 2 is 2.23 bits per heavy atom. The minimum atomic E-state index is -0.675. The highest BCUT2D eigenvalue weighted by atomic mass is 16.6. The largest absolute Gasteiger partial charge is 0.493 e. The van der Waals surface area contributed by atoms with Crippen LogP contribution in [0.4, 0.5) is 11.5 Å². The Kier molecular flexibility index (Phi) is 4.67. The van der Waals surface area contributed by atoms with Gasteiger partial charge in [0.05, 0.1) is 12.0 Å². The van der Waals surface area contributed by atoms with Crippen LogP contribution in [0.15, 0.2) is 30.5 Å². The summed E-state index contributed by atoms with van der Waals surface area (Å²) in [5.41, 5.74) is 0.740. The van der Waals surface area contributed by atoms with E-state index >= 15 is 0 Å². The van der Waals surface area contributed by atoms with E-state index in [-0.39, 0.29) is 17.6 Å². The summed E-state index contributed by atoms with van der Waals surface area (Å²) in [5, 5.41) is 13.7.